The molecule has 3 aromatic carbocycles. The molecular weight excluding hydrogens is 426 g/mol. The van der Waals surface area contributed by atoms with Crippen LogP contribution < -0.4 is 10.2 Å². The number of carbonyl (C=O) groups excluding carboxylic acids is 2. The monoisotopic (exact) mass is 451 g/mol. The molecule has 0 aromatic heterocycles. The van der Waals surface area contributed by atoms with Crippen molar-refractivity contribution in [3.63, 3.8) is 0 Å². The van der Waals surface area contributed by atoms with Gasteiger partial charge in [0.1, 0.15) is 6.07 Å². The number of anilines is 2. The van der Waals surface area contributed by atoms with Gasteiger partial charge in [-0.1, -0.05) is 36.4 Å². The number of carbonyl (C=O) groups is 2. The van der Waals surface area contributed by atoms with Crippen molar-refractivity contribution in [1.82, 2.24) is 9.80 Å². The summed E-state index contributed by atoms with van der Waals surface area (Å²) in [7, 11) is 0. The summed E-state index contributed by atoms with van der Waals surface area (Å²) in [6.07, 6.45) is 0. The molecule has 0 spiro atoms. The molecule has 1 N–H and O–H groups in total. The SMILES string of the molecule is N#Cc1ccccc1N1CCN(C(=O)c2ccc(NC(=O)N3Cc4ccccc4C3)cc2)CC1. The second-order valence-corrected chi connectivity index (χ2v) is 8.54. The molecule has 0 unspecified atom stereocenters. The topological polar surface area (TPSA) is 79.7 Å². The van der Waals surface area contributed by atoms with Crippen LogP contribution in [-0.4, -0.2) is 47.9 Å². The molecule has 3 amide bonds. The third kappa shape index (κ3) is 4.30. The molecule has 7 heteroatoms. The van der Waals surface area contributed by atoms with Crippen molar-refractivity contribution in [3.05, 3.63) is 95.1 Å². The summed E-state index contributed by atoms with van der Waals surface area (Å²) in [6, 6.07) is 24.8. The Bertz CT molecular complexity index is 1230. The Hall–Kier alpha value is -4.31. The maximum Gasteiger partial charge on any atom is 0.322 e. The number of nitrogens with zero attached hydrogens (tertiary/aromatic N) is 4. The molecule has 0 radical (unpaired) electrons. The van der Waals surface area contributed by atoms with Crippen LogP contribution in [0.15, 0.2) is 72.8 Å². The minimum atomic E-state index is -0.149. The average Bonchev–Trinajstić information content (AvgIpc) is 3.33. The van der Waals surface area contributed by atoms with Crippen LogP contribution in [0.4, 0.5) is 16.2 Å². The lowest BCUT2D eigenvalue weighted by molar-refractivity contribution is 0.0747. The van der Waals surface area contributed by atoms with Gasteiger partial charge in [0.2, 0.25) is 0 Å². The molecule has 0 aliphatic carbocycles. The summed E-state index contributed by atoms with van der Waals surface area (Å²) >= 11 is 0. The number of amides is 3. The van der Waals surface area contributed by atoms with Crippen molar-refractivity contribution in [2.45, 2.75) is 13.1 Å². The number of hydrogen-bond donors (Lipinski definition) is 1. The first kappa shape index (κ1) is 21.5. The summed E-state index contributed by atoms with van der Waals surface area (Å²) < 4.78 is 0. The van der Waals surface area contributed by atoms with E-state index in [1.165, 1.54) is 11.1 Å². The van der Waals surface area contributed by atoms with E-state index in [-0.39, 0.29) is 11.9 Å². The van der Waals surface area contributed by atoms with Crippen LogP contribution in [-0.2, 0) is 13.1 Å². The van der Waals surface area contributed by atoms with E-state index in [4.69, 9.17) is 0 Å². The Morgan fingerprint density at radius 1 is 0.765 bits per heavy atom. The highest BCUT2D eigenvalue weighted by Gasteiger charge is 2.25. The lowest BCUT2D eigenvalue weighted by Crippen LogP contribution is -2.49. The molecule has 0 bridgehead atoms. The van der Waals surface area contributed by atoms with Gasteiger partial charge >= 0.3 is 6.03 Å². The maximum atomic E-state index is 13.0. The molecule has 7 nitrogen and oxygen atoms in total. The molecule has 170 valence electrons. The maximum absolute atomic E-state index is 13.0. The average molecular weight is 452 g/mol. The minimum absolute atomic E-state index is 0.0268. The zero-order valence-electron chi connectivity index (χ0n) is 18.8. The normalized spacial score (nSPS) is 15.0. The van der Waals surface area contributed by atoms with Gasteiger partial charge in [-0.05, 0) is 47.5 Å². The van der Waals surface area contributed by atoms with Crippen molar-refractivity contribution in [2.24, 2.45) is 0 Å². The number of hydrogen-bond acceptors (Lipinski definition) is 4. The largest absolute Gasteiger partial charge is 0.367 e. The van der Waals surface area contributed by atoms with Crippen molar-refractivity contribution < 1.29 is 9.59 Å². The van der Waals surface area contributed by atoms with E-state index in [1.54, 1.807) is 29.2 Å². The van der Waals surface area contributed by atoms with Gasteiger partial charge in [-0.15, -0.1) is 0 Å². The summed E-state index contributed by atoms with van der Waals surface area (Å²) in [5, 5.41) is 12.3. The molecule has 0 saturated carbocycles. The molecule has 1 saturated heterocycles. The smallest absolute Gasteiger partial charge is 0.322 e. The molecule has 5 rings (SSSR count). The van der Waals surface area contributed by atoms with E-state index >= 15 is 0 Å². The lowest BCUT2D eigenvalue weighted by Gasteiger charge is -2.36. The predicted octanol–water partition coefficient (Wildman–Crippen LogP) is 4.07. The molecular formula is C27H25N5O2. The Labute approximate surface area is 198 Å². The van der Waals surface area contributed by atoms with E-state index < -0.39 is 0 Å². The molecule has 2 heterocycles. The van der Waals surface area contributed by atoms with Gasteiger partial charge in [-0.3, -0.25) is 4.79 Å². The Morgan fingerprint density at radius 2 is 1.38 bits per heavy atom. The summed E-state index contributed by atoms with van der Waals surface area (Å²) in [5.41, 5.74) is 5.17. The van der Waals surface area contributed by atoms with E-state index in [2.05, 4.69) is 16.3 Å². The van der Waals surface area contributed by atoms with Gasteiger partial charge < -0.3 is 20.0 Å². The van der Waals surface area contributed by atoms with Crippen LogP contribution >= 0.6 is 0 Å². The standard InChI is InChI=1S/C27H25N5O2/c28-17-21-5-3-4-8-25(21)30-13-15-31(16-14-30)26(33)20-9-11-24(12-10-20)29-27(34)32-18-22-6-1-2-7-23(22)19-32/h1-12H,13-16,18-19H2,(H,29,34). The van der Waals surface area contributed by atoms with Gasteiger partial charge in [-0.2, -0.15) is 5.26 Å². The van der Waals surface area contributed by atoms with E-state index in [0.29, 0.717) is 56.1 Å². The van der Waals surface area contributed by atoms with Crippen molar-refractivity contribution in [2.75, 3.05) is 36.4 Å². The first-order valence-electron chi connectivity index (χ1n) is 11.4. The fraction of sp³-hybridized carbons (Fsp3) is 0.222. The molecule has 3 aromatic rings. The van der Waals surface area contributed by atoms with Crippen molar-refractivity contribution in [1.29, 1.82) is 5.26 Å². The fourth-order valence-electron chi connectivity index (χ4n) is 4.55. The first-order chi connectivity index (χ1) is 16.6. The predicted molar refractivity (Wildman–Crippen MR) is 130 cm³/mol. The number of nitriles is 1. The number of urea groups is 1. The third-order valence-corrected chi connectivity index (χ3v) is 6.44. The quantitative estimate of drug-likeness (QED) is 0.651. The number of benzene rings is 3. The van der Waals surface area contributed by atoms with Crippen LogP contribution in [0.2, 0.25) is 0 Å². The molecule has 0 atom stereocenters. The van der Waals surface area contributed by atoms with Gasteiger partial charge in [-0.25, -0.2) is 4.79 Å². The van der Waals surface area contributed by atoms with Crippen LogP contribution in [0.25, 0.3) is 0 Å². The van der Waals surface area contributed by atoms with Crippen LogP contribution in [0.5, 0.6) is 0 Å². The third-order valence-electron chi connectivity index (χ3n) is 6.44. The van der Waals surface area contributed by atoms with Gasteiger partial charge in [0.15, 0.2) is 0 Å². The van der Waals surface area contributed by atoms with Crippen LogP contribution in [0, 0.1) is 11.3 Å². The summed E-state index contributed by atoms with van der Waals surface area (Å²) in [4.78, 5) is 31.4. The lowest BCUT2D eigenvalue weighted by atomic mass is 10.1. The summed E-state index contributed by atoms with van der Waals surface area (Å²) in [6.45, 7) is 3.74. The Morgan fingerprint density at radius 3 is 2.03 bits per heavy atom. The minimum Gasteiger partial charge on any atom is -0.367 e. The number of rotatable bonds is 3. The van der Waals surface area contributed by atoms with Gasteiger partial charge in [0, 0.05) is 50.5 Å². The number of fused-ring (bicyclic) bond motifs is 1. The van der Waals surface area contributed by atoms with E-state index in [1.807, 2.05) is 53.4 Å². The number of nitrogens with one attached hydrogen (secondary N) is 1. The molecule has 2 aliphatic heterocycles. The van der Waals surface area contributed by atoms with Crippen molar-refractivity contribution >= 4 is 23.3 Å². The Kier molecular flexibility index (Phi) is 5.88. The second kappa shape index (κ2) is 9.28. The molecule has 2 aliphatic rings. The second-order valence-electron chi connectivity index (χ2n) is 8.54. The highest BCUT2D eigenvalue weighted by molar-refractivity contribution is 5.95. The number of piperazine rings is 1. The molecule has 34 heavy (non-hydrogen) atoms. The van der Waals surface area contributed by atoms with E-state index in [0.717, 1.165) is 5.69 Å². The Balaban J connectivity index is 1.16. The van der Waals surface area contributed by atoms with Crippen molar-refractivity contribution in [3.8, 4) is 6.07 Å². The fourth-order valence-corrected chi connectivity index (χ4v) is 4.55. The van der Waals surface area contributed by atoms with Gasteiger partial charge in [0.05, 0.1) is 11.3 Å². The zero-order valence-corrected chi connectivity index (χ0v) is 18.8. The zero-order chi connectivity index (χ0) is 23.5. The first-order valence-corrected chi connectivity index (χ1v) is 11.4. The summed E-state index contributed by atoms with van der Waals surface area (Å²) in [5.74, 6) is -0.0268. The molecule has 1 fully saturated rings. The van der Waals surface area contributed by atoms with E-state index in [9.17, 15) is 14.9 Å². The van der Waals surface area contributed by atoms with Crippen LogP contribution in [0.3, 0.4) is 0 Å². The number of para-hydroxylation sites is 1. The highest BCUT2D eigenvalue weighted by Crippen LogP contribution is 2.24. The van der Waals surface area contributed by atoms with Crippen LogP contribution in [0.1, 0.15) is 27.0 Å². The highest BCUT2D eigenvalue weighted by atomic mass is 16.2. The van der Waals surface area contributed by atoms with Gasteiger partial charge in [0.25, 0.3) is 5.91 Å².